The first-order valence-electron chi connectivity index (χ1n) is 15.7. The lowest BCUT2D eigenvalue weighted by molar-refractivity contribution is -0.144. The van der Waals surface area contributed by atoms with Crippen molar-refractivity contribution in [1.82, 2.24) is 15.2 Å². The number of anilines is 2. The molecule has 9 heteroatoms. The molecule has 2 aliphatic heterocycles. The summed E-state index contributed by atoms with van der Waals surface area (Å²) in [5.41, 5.74) is 6.70. The SMILES string of the molecule is CN(C)c1ccc([C@@H]2[C@@H](C(=O)NCc3ccccc3CN3CCCC3=O)OCC(=O)N2c2ccc(Cc3ccncc3)cc2)cc1. The van der Waals surface area contributed by atoms with Gasteiger partial charge in [-0.05, 0) is 77.1 Å². The fourth-order valence-electron chi connectivity index (χ4n) is 6.18. The molecule has 3 aromatic carbocycles. The van der Waals surface area contributed by atoms with E-state index in [0.29, 0.717) is 18.7 Å². The van der Waals surface area contributed by atoms with E-state index in [-0.39, 0.29) is 30.9 Å². The second kappa shape index (κ2) is 14.0. The third-order valence-corrected chi connectivity index (χ3v) is 8.71. The number of morpholine rings is 1. The molecule has 1 N–H and O–H groups in total. The van der Waals surface area contributed by atoms with E-state index in [1.807, 2.05) is 109 Å². The van der Waals surface area contributed by atoms with Crippen LogP contribution in [-0.2, 0) is 38.6 Å². The normalized spacial score (nSPS) is 18.1. The molecule has 4 aromatic rings. The molecule has 2 aliphatic rings. The smallest absolute Gasteiger partial charge is 0.253 e. The Kier molecular flexibility index (Phi) is 9.40. The minimum Gasteiger partial charge on any atom is -0.378 e. The van der Waals surface area contributed by atoms with Crippen LogP contribution in [0.15, 0.2) is 97.3 Å². The maximum atomic E-state index is 13.9. The van der Waals surface area contributed by atoms with Crippen LogP contribution in [0.5, 0.6) is 0 Å². The second-order valence-electron chi connectivity index (χ2n) is 12.0. The average molecular weight is 618 g/mol. The Labute approximate surface area is 269 Å². The molecule has 0 aliphatic carbocycles. The molecule has 9 nitrogen and oxygen atoms in total. The lowest BCUT2D eigenvalue weighted by Gasteiger charge is -2.40. The van der Waals surface area contributed by atoms with E-state index < -0.39 is 12.1 Å². The highest BCUT2D eigenvalue weighted by Crippen LogP contribution is 2.36. The van der Waals surface area contributed by atoms with Gasteiger partial charge in [0.2, 0.25) is 5.91 Å². The van der Waals surface area contributed by atoms with Crippen LogP contribution in [0.4, 0.5) is 11.4 Å². The van der Waals surface area contributed by atoms with Crippen molar-refractivity contribution in [3.63, 3.8) is 0 Å². The molecule has 3 amide bonds. The van der Waals surface area contributed by atoms with E-state index in [2.05, 4.69) is 10.3 Å². The van der Waals surface area contributed by atoms with Crippen molar-refractivity contribution in [2.75, 3.05) is 37.0 Å². The van der Waals surface area contributed by atoms with E-state index in [9.17, 15) is 14.4 Å². The Bertz CT molecular complexity index is 1670. The fourth-order valence-corrected chi connectivity index (χ4v) is 6.18. The predicted molar refractivity (Wildman–Crippen MR) is 177 cm³/mol. The summed E-state index contributed by atoms with van der Waals surface area (Å²) in [6, 6.07) is 26.9. The van der Waals surface area contributed by atoms with Crippen LogP contribution in [-0.4, -0.2) is 61.0 Å². The van der Waals surface area contributed by atoms with Crippen LogP contribution in [0.2, 0.25) is 0 Å². The molecule has 6 rings (SSSR count). The molecular formula is C37H39N5O4. The van der Waals surface area contributed by atoms with Gasteiger partial charge in [-0.1, -0.05) is 48.5 Å². The van der Waals surface area contributed by atoms with Crippen LogP contribution in [0.1, 0.15) is 46.7 Å². The Hall–Kier alpha value is -5.02. The molecule has 1 aromatic heterocycles. The molecule has 0 bridgehead atoms. The molecule has 0 saturated carbocycles. The zero-order chi connectivity index (χ0) is 32.0. The van der Waals surface area contributed by atoms with Gasteiger partial charge in [-0.15, -0.1) is 0 Å². The summed E-state index contributed by atoms with van der Waals surface area (Å²) in [6.07, 6.45) is 4.81. The average Bonchev–Trinajstić information content (AvgIpc) is 3.48. The van der Waals surface area contributed by atoms with Gasteiger partial charge in [0, 0.05) is 63.9 Å². The number of amides is 3. The summed E-state index contributed by atoms with van der Waals surface area (Å²) < 4.78 is 6.02. The van der Waals surface area contributed by atoms with Gasteiger partial charge in [0.25, 0.3) is 11.8 Å². The van der Waals surface area contributed by atoms with Crippen molar-refractivity contribution in [3.8, 4) is 0 Å². The first kappa shape index (κ1) is 31.0. The van der Waals surface area contributed by atoms with Gasteiger partial charge in [-0.25, -0.2) is 0 Å². The maximum Gasteiger partial charge on any atom is 0.253 e. The first-order valence-corrected chi connectivity index (χ1v) is 15.7. The Morgan fingerprint density at radius 2 is 1.59 bits per heavy atom. The standard InChI is InChI=1S/C37H39N5O4/c1-40(2)31-15-11-28(12-16-31)35-36(37(45)39-23-29-6-3-4-7-30(29)24-41-21-5-8-33(41)43)46-25-34(44)42(35)32-13-9-26(10-14-32)22-27-17-19-38-20-18-27/h3-4,6-7,9-20,35-36H,5,8,21-25H2,1-2H3,(H,39,45)/t35-,36+/m1/s1. The Morgan fingerprint density at radius 3 is 2.26 bits per heavy atom. The van der Waals surface area contributed by atoms with Gasteiger partial charge >= 0.3 is 0 Å². The number of ether oxygens (including phenoxy) is 1. The molecule has 0 unspecified atom stereocenters. The van der Waals surface area contributed by atoms with Crippen molar-refractivity contribution in [2.45, 2.75) is 44.5 Å². The highest BCUT2D eigenvalue weighted by atomic mass is 16.5. The van der Waals surface area contributed by atoms with Crippen molar-refractivity contribution >= 4 is 29.1 Å². The summed E-state index contributed by atoms with van der Waals surface area (Å²) in [5.74, 6) is -0.360. The zero-order valence-corrected chi connectivity index (χ0v) is 26.3. The summed E-state index contributed by atoms with van der Waals surface area (Å²) >= 11 is 0. The predicted octanol–water partition coefficient (Wildman–Crippen LogP) is 4.65. The van der Waals surface area contributed by atoms with Crippen LogP contribution in [0.25, 0.3) is 0 Å². The van der Waals surface area contributed by atoms with Crippen LogP contribution >= 0.6 is 0 Å². The molecule has 2 saturated heterocycles. The summed E-state index contributed by atoms with van der Waals surface area (Å²) in [6.45, 7) is 1.33. The zero-order valence-electron chi connectivity index (χ0n) is 26.3. The Balaban J connectivity index is 1.26. The topological polar surface area (TPSA) is 95.1 Å². The lowest BCUT2D eigenvalue weighted by atomic mass is 9.95. The minimum absolute atomic E-state index is 0.160. The number of pyridine rings is 1. The molecular weight excluding hydrogens is 578 g/mol. The minimum atomic E-state index is -0.938. The van der Waals surface area contributed by atoms with Crippen molar-refractivity contribution in [2.24, 2.45) is 0 Å². The number of nitrogens with zero attached hydrogens (tertiary/aromatic N) is 4. The van der Waals surface area contributed by atoms with Crippen LogP contribution in [0.3, 0.4) is 0 Å². The fraction of sp³-hybridized carbons (Fsp3) is 0.297. The number of aromatic nitrogens is 1. The van der Waals surface area contributed by atoms with E-state index in [4.69, 9.17) is 4.74 Å². The highest BCUT2D eigenvalue weighted by Gasteiger charge is 2.42. The second-order valence-corrected chi connectivity index (χ2v) is 12.0. The van der Waals surface area contributed by atoms with Crippen molar-refractivity contribution < 1.29 is 19.1 Å². The third-order valence-electron chi connectivity index (χ3n) is 8.71. The number of carbonyl (C=O) groups excluding carboxylic acids is 3. The van der Waals surface area contributed by atoms with Gasteiger partial charge in [0.05, 0.1) is 6.04 Å². The number of hydrogen-bond donors (Lipinski definition) is 1. The van der Waals surface area contributed by atoms with Gasteiger partial charge in [-0.2, -0.15) is 0 Å². The van der Waals surface area contributed by atoms with Gasteiger partial charge in [0.15, 0.2) is 6.10 Å². The van der Waals surface area contributed by atoms with Crippen LogP contribution in [0, 0.1) is 0 Å². The largest absolute Gasteiger partial charge is 0.378 e. The molecule has 3 heterocycles. The summed E-state index contributed by atoms with van der Waals surface area (Å²) in [7, 11) is 3.94. The highest BCUT2D eigenvalue weighted by molar-refractivity contribution is 5.98. The lowest BCUT2D eigenvalue weighted by Crippen LogP contribution is -2.54. The van der Waals surface area contributed by atoms with Crippen molar-refractivity contribution in [3.05, 3.63) is 125 Å². The number of carbonyl (C=O) groups is 3. The summed E-state index contributed by atoms with van der Waals surface area (Å²) in [5, 5.41) is 3.08. The number of rotatable bonds is 10. The number of hydrogen-bond acceptors (Lipinski definition) is 6. The van der Waals surface area contributed by atoms with E-state index in [1.54, 1.807) is 17.3 Å². The number of likely N-dealkylation sites (tertiary alicyclic amines) is 1. The van der Waals surface area contributed by atoms with E-state index in [0.717, 1.165) is 52.9 Å². The summed E-state index contributed by atoms with van der Waals surface area (Å²) in [4.78, 5) is 49.4. The van der Waals surface area contributed by atoms with E-state index in [1.165, 1.54) is 0 Å². The number of benzene rings is 3. The third kappa shape index (κ3) is 6.94. The van der Waals surface area contributed by atoms with Gasteiger partial charge < -0.3 is 19.9 Å². The van der Waals surface area contributed by atoms with E-state index >= 15 is 0 Å². The van der Waals surface area contributed by atoms with Crippen LogP contribution < -0.4 is 15.1 Å². The molecule has 0 spiro atoms. The molecule has 236 valence electrons. The molecule has 0 radical (unpaired) electrons. The van der Waals surface area contributed by atoms with Crippen molar-refractivity contribution in [1.29, 1.82) is 0 Å². The monoisotopic (exact) mass is 617 g/mol. The maximum absolute atomic E-state index is 13.9. The Morgan fingerprint density at radius 1 is 0.891 bits per heavy atom. The molecule has 2 atom stereocenters. The first-order chi connectivity index (χ1) is 22.4. The van der Waals surface area contributed by atoms with Gasteiger partial charge in [0.1, 0.15) is 6.61 Å². The quantitative estimate of drug-likeness (QED) is 0.279. The molecule has 2 fully saturated rings. The number of nitrogens with one attached hydrogen (secondary N) is 1. The van der Waals surface area contributed by atoms with Gasteiger partial charge in [-0.3, -0.25) is 24.3 Å². The molecule has 46 heavy (non-hydrogen) atoms.